The lowest BCUT2D eigenvalue weighted by Gasteiger charge is -2.06. The van der Waals surface area contributed by atoms with Gasteiger partial charge in [-0.25, -0.2) is 14.6 Å². The van der Waals surface area contributed by atoms with E-state index in [1.54, 1.807) is 66.7 Å². The zero-order valence-corrected chi connectivity index (χ0v) is 17.5. The third-order valence-corrected chi connectivity index (χ3v) is 5.04. The average Bonchev–Trinajstić information content (AvgIpc) is 3.28. The van der Waals surface area contributed by atoms with Gasteiger partial charge in [-0.3, -0.25) is 0 Å². The fourth-order valence-corrected chi connectivity index (χ4v) is 3.37. The van der Waals surface area contributed by atoms with Crippen LogP contribution in [0.25, 0.3) is 33.9 Å². The summed E-state index contributed by atoms with van der Waals surface area (Å²) < 4.78 is 9.53. The number of nitrogens with zero attached hydrogens (tertiary/aromatic N) is 1. The van der Waals surface area contributed by atoms with Gasteiger partial charge in [0.15, 0.2) is 0 Å². The smallest absolute Gasteiger partial charge is 0.337 e. The van der Waals surface area contributed by atoms with E-state index in [9.17, 15) is 14.7 Å². The van der Waals surface area contributed by atoms with Crippen LogP contribution in [0.1, 0.15) is 20.7 Å². The molecule has 0 unspecified atom stereocenters. The fourth-order valence-electron chi connectivity index (χ4n) is 3.37. The largest absolute Gasteiger partial charge is 0.507 e. The zero-order valence-electron chi connectivity index (χ0n) is 17.5. The molecular formula is C25H20N2O5. The first-order chi connectivity index (χ1) is 15.5. The number of nitrogens with one attached hydrogen (secondary N) is 1. The van der Waals surface area contributed by atoms with Crippen molar-refractivity contribution in [2.75, 3.05) is 14.2 Å². The molecule has 7 nitrogen and oxygen atoms in total. The minimum atomic E-state index is -0.424. The summed E-state index contributed by atoms with van der Waals surface area (Å²) in [5.74, 6) is -0.259. The van der Waals surface area contributed by atoms with Crippen LogP contribution in [0.3, 0.4) is 0 Å². The summed E-state index contributed by atoms with van der Waals surface area (Å²) in [6, 6.07) is 20.7. The first kappa shape index (κ1) is 20.9. The van der Waals surface area contributed by atoms with Crippen LogP contribution >= 0.6 is 0 Å². The van der Waals surface area contributed by atoms with Crippen LogP contribution in [0.15, 0.2) is 72.8 Å². The lowest BCUT2D eigenvalue weighted by Crippen LogP contribution is -2.00. The Bertz CT molecular complexity index is 1200. The lowest BCUT2D eigenvalue weighted by atomic mass is 10.0. The van der Waals surface area contributed by atoms with Gasteiger partial charge in [0.05, 0.1) is 42.3 Å². The number of carbonyl (C=O) groups is 2. The van der Waals surface area contributed by atoms with Gasteiger partial charge in [0.2, 0.25) is 0 Å². The summed E-state index contributed by atoms with van der Waals surface area (Å²) in [5, 5.41) is 10.3. The van der Waals surface area contributed by atoms with Gasteiger partial charge in [-0.2, -0.15) is 0 Å². The number of phenolic OH excluding ortho intramolecular Hbond substituents is 1. The van der Waals surface area contributed by atoms with Gasteiger partial charge in [0.1, 0.15) is 11.6 Å². The SMILES string of the molecule is COC(=O)c1ccc(-c2nc(-c3ccccc3O)[nH]c2-c2ccc(C(=O)OC)cc2)cc1. The molecule has 1 heterocycles. The standard InChI is InChI=1S/C25H20N2O5/c1-31-24(29)17-11-7-15(8-12-17)21-22(16-9-13-18(14-10-16)25(30)32-2)27-23(26-21)19-5-3-4-6-20(19)28/h3-14,28H,1-2H3,(H,26,27). The Labute approximate surface area is 184 Å². The maximum absolute atomic E-state index is 11.8. The highest BCUT2D eigenvalue weighted by Gasteiger charge is 2.18. The van der Waals surface area contributed by atoms with Gasteiger partial charge in [-0.05, 0) is 36.4 Å². The molecule has 160 valence electrons. The molecule has 0 spiro atoms. The van der Waals surface area contributed by atoms with E-state index in [4.69, 9.17) is 14.5 Å². The number of ether oxygens (including phenoxy) is 2. The number of aromatic hydroxyl groups is 1. The fraction of sp³-hybridized carbons (Fsp3) is 0.0800. The Kier molecular flexibility index (Phi) is 5.72. The number of aromatic nitrogens is 2. The van der Waals surface area contributed by atoms with Crippen molar-refractivity contribution in [1.29, 1.82) is 0 Å². The van der Waals surface area contributed by atoms with E-state index in [0.717, 1.165) is 11.1 Å². The molecule has 7 heteroatoms. The van der Waals surface area contributed by atoms with Crippen molar-refractivity contribution in [2.24, 2.45) is 0 Å². The molecular weight excluding hydrogens is 408 g/mol. The minimum absolute atomic E-state index is 0.0985. The number of para-hydroxylation sites is 1. The highest BCUT2D eigenvalue weighted by atomic mass is 16.5. The molecule has 0 amide bonds. The van der Waals surface area contributed by atoms with Gasteiger partial charge in [0, 0.05) is 11.1 Å². The Morgan fingerprint density at radius 1 is 0.781 bits per heavy atom. The molecule has 0 atom stereocenters. The molecule has 32 heavy (non-hydrogen) atoms. The monoisotopic (exact) mass is 428 g/mol. The summed E-state index contributed by atoms with van der Waals surface area (Å²) >= 11 is 0. The van der Waals surface area contributed by atoms with Crippen LogP contribution in [-0.4, -0.2) is 41.2 Å². The lowest BCUT2D eigenvalue weighted by molar-refractivity contribution is 0.0592. The van der Waals surface area contributed by atoms with Crippen LogP contribution < -0.4 is 0 Å². The molecule has 0 bridgehead atoms. The van der Waals surface area contributed by atoms with Gasteiger partial charge in [-0.15, -0.1) is 0 Å². The number of hydrogen-bond acceptors (Lipinski definition) is 6. The van der Waals surface area contributed by atoms with Crippen LogP contribution in [0, 0.1) is 0 Å². The van der Waals surface area contributed by atoms with E-state index < -0.39 is 11.9 Å². The number of imidazole rings is 1. The Morgan fingerprint density at radius 2 is 1.31 bits per heavy atom. The number of carbonyl (C=O) groups excluding carboxylic acids is 2. The number of rotatable bonds is 5. The second-order valence-electron chi connectivity index (χ2n) is 6.96. The highest BCUT2D eigenvalue weighted by Crippen LogP contribution is 2.35. The molecule has 0 fully saturated rings. The van der Waals surface area contributed by atoms with Crippen LogP contribution in [-0.2, 0) is 9.47 Å². The molecule has 3 aromatic carbocycles. The van der Waals surface area contributed by atoms with Gasteiger partial charge >= 0.3 is 11.9 Å². The molecule has 4 rings (SSSR count). The van der Waals surface area contributed by atoms with Crippen LogP contribution in [0.2, 0.25) is 0 Å². The maximum Gasteiger partial charge on any atom is 0.337 e. The number of H-pyrrole nitrogens is 1. The number of hydrogen-bond donors (Lipinski definition) is 2. The maximum atomic E-state index is 11.8. The Hall–Kier alpha value is -4.39. The van der Waals surface area contributed by atoms with E-state index in [1.165, 1.54) is 14.2 Å². The van der Waals surface area contributed by atoms with E-state index >= 15 is 0 Å². The number of esters is 2. The van der Waals surface area contributed by atoms with Gasteiger partial charge in [-0.1, -0.05) is 36.4 Å². The van der Waals surface area contributed by atoms with Gasteiger partial charge < -0.3 is 19.6 Å². The third kappa shape index (κ3) is 3.96. The second kappa shape index (κ2) is 8.77. The van der Waals surface area contributed by atoms with Crippen molar-refractivity contribution in [2.45, 2.75) is 0 Å². The van der Waals surface area contributed by atoms with Crippen LogP contribution in [0.4, 0.5) is 0 Å². The third-order valence-electron chi connectivity index (χ3n) is 5.04. The number of methoxy groups -OCH3 is 2. The summed E-state index contributed by atoms with van der Waals surface area (Å²) in [6.45, 7) is 0. The first-order valence-corrected chi connectivity index (χ1v) is 9.77. The normalized spacial score (nSPS) is 10.6. The summed E-state index contributed by atoms with van der Waals surface area (Å²) in [6.07, 6.45) is 0. The summed E-state index contributed by atoms with van der Waals surface area (Å²) in [4.78, 5) is 31.6. The summed E-state index contributed by atoms with van der Waals surface area (Å²) in [5.41, 5.74) is 4.30. The molecule has 0 aliphatic heterocycles. The highest BCUT2D eigenvalue weighted by molar-refractivity contribution is 5.92. The summed E-state index contributed by atoms with van der Waals surface area (Å²) in [7, 11) is 2.67. The second-order valence-corrected chi connectivity index (χ2v) is 6.96. The number of aromatic amines is 1. The molecule has 0 aliphatic carbocycles. The van der Waals surface area contributed by atoms with Crippen molar-refractivity contribution < 1.29 is 24.2 Å². The zero-order chi connectivity index (χ0) is 22.7. The van der Waals surface area contributed by atoms with Crippen molar-refractivity contribution in [1.82, 2.24) is 9.97 Å². The van der Waals surface area contributed by atoms with Crippen molar-refractivity contribution in [3.8, 4) is 39.7 Å². The quantitative estimate of drug-likeness (QED) is 0.447. The van der Waals surface area contributed by atoms with E-state index in [2.05, 4.69) is 4.98 Å². The number of benzene rings is 3. The topological polar surface area (TPSA) is 102 Å². The van der Waals surface area contributed by atoms with E-state index in [0.29, 0.717) is 33.9 Å². The molecule has 0 aliphatic rings. The predicted molar refractivity (Wildman–Crippen MR) is 119 cm³/mol. The van der Waals surface area contributed by atoms with Crippen molar-refractivity contribution in [3.05, 3.63) is 83.9 Å². The molecule has 4 aromatic rings. The molecule has 0 saturated heterocycles. The van der Waals surface area contributed by atoms with Crippen molar-refractivity contribution in [3.63, 3.8) is 0 Å². The average molecular weight is 428 g/mol. The van der Waals surface area contributed by atoms with Crippen LogP contribution in [0.5, 0.6) is 5.75 Å². The van der Waals surface area contributed by atoms with E-state index in [-0.39, 0.29) is 5.75 Å². The first-order valence-electron chi connectivity index (χ1n) is 9.77. The molecule has 2 N–H and O–H groups in total. The van der Waals surface area contributed by atoms with Gasteiger partial charge in [0.25, 0.3) is 0 Å². The minimum Gasteiger partial charge on any atom is -0.507 e. The van der Waals surface area contributed by atoms with E-state index in [1.807, 2.05) is 6.07 Å². The Balaban J connectivity index is 1.83. The number of phenols is 1. The Morgan fingerprint density at radius 3 is 1.84 bits per heavy atom. The predicted octanol–water partition coefficient (Wildman–Crippen LogP) is 4.69. The molecule has 1 aromatic heterocycles. The van der Waals surface area contributed by atoms with Crippen molar-refractivity contribution >= 4 is 11.9 Å². The molecule has 0 radical (unpaired) electrons. The molecule has 0 saturated carbocycles.